The third kappa shape index (κ3) is 4.45. The van der Waals surface area contributed by atoms with Crippen LogP contribution in [-0.4, -0.2) is 25.7 Å². The number of carboxylic acid groups (broad SMARTS) is 1. The first kappa shape index (κ1) is 20.0. The van der Waals surface area contributed by atoms with E-state index in [0.717, 1.165) is 32.9 Å². The van der Waals surface area contributed by atoms with Gasteiger partial charge in [-0.15, -0.1) is 11.3 Å². The van der Waals surface area contributed by atoms with E-state index in [1.54, 1.807) is 0 Å². The van der Waals surface area contributed by atoms with E-state index in [1.165, 1.54) is 6.20 Å². The Morgan fingerprint density at radius 1 is 1.28 bits per heavy atom. The van der Waals surface area contributed by atoms with E-state index in [-0.39, 0.29) is 46.5 Å². The second kappa shape index (κ2) is 8.37. The smallest absolute Gasteiger partial charge is 0.544 e. The second-order valence-electron chi connectivity index (χ2n) is 5.89. The van der Waals surface area contributed by atoms with Crippen molar-refractivity contribution in [1.29, 1.82) is 0 Å². The minimum Gasteiger partial charge on any atom is -0.544 e. The first-order chi connectivity index (χ1) is 11.5. The number of pyridine rings is 1. The first-order valence-corrected chi connectivity index (χ1v) is 8.50. The molecule has 0 aromatic carbocycles. The van der Waals surface area contributed by atoms with E-state index in [0.29, 0.717) is 6.54 Å². The van der Waals surface area contributed by atoms with E-state index in [9.17, 15) is 9.90 Å². The van der Waals surface area contributed by atoms with Crippen LogP contribution in [0.3, 0.4) is 0 Å². The Bertz CT molecular complexity index is 876. The van der Waals surface area contributed by atoms with Crippen molar-refractivity contribution in [2.75, 3.05) is 0 Å². The number of aromatic carboxylic acids is 1. The van der Waals surface area contributed by atoms with Crippen LogP contribution in [0.4, 0.5) is 0 Å². The van der Waals surface area contributed by atoms with Crippen LogP contribution >= 0.6 is 11.3 Å². The summed E-state index contributed by atoms with van der Waals surface area (Å²) in [6.45, 7) is 6.69. The standard InChI is InChI=1S/C16H19N5O2S.Na/c1-9(2)21-14-12(7-20-21)4-11(6-18-14)5-17-10(3)15-19-8-13(24-15)16(22)23;/h4,6-10,17H,5H2,1-3H3,(H,22,23);/q;+1/p-1. The van der Waals surface area contributed by atoms with Crippen LogP contribution in [0.2, 0.25) is 0 Å². The molecule has 0 bridgehead atoms. The van der Waals surface area contributed by atoms with Crippen LogP contribution in [-0.2, 0) is 6.54 Å². The molecule has 0 aliphatic rings. The number of carbonyl (C=O) groups excluding carboxylic acids is 1. The molecule has 0 aliphatic carbocycles. The maximum Gasteiger partial charge on any atom is 1.00 e. The fraction of sp³-hybridized carbons (Fsp3) is 0.375. The van der Waals surface area contributed by atoms with Gasteiger partial charge in [0.25, 0.3) is 0 Å². The van der Waals surface area contributed by atoms with Crippen molar-refractivity contribution in [2.45, 2.75) is 39.4 Å². The molecule has 1 N–H and O–H groups in total. The Labute approximate surface area is 171 Å². The number of carbonyl (C=O) groups is 1. The summed E-state index contributed by atoms with van der Waals surface area (Å²) in [5.41, 5.74) is 1.91. The van der Waals surface area contributed by atoms with Crippen molar-refractivity contribution in [3.63, 3.8) is 0 Å². The van der Waals surface area contributed by atoms with Gasteiger partial charge in [0.1, 0.15) is 5.01 Å². The molecule has 0 radical (unpaired) electrons. The minimum absolute atomic E-state index is 0. The average Bonchev–Trinajstić information content (AvgIpc) is 3.19. The van der Waals surface area contributed by atoms with Crippen LogP contribution in [0.5, 0.6) is 0 Å². The third-order valence-corrected chi connectivity index (χ3v) is 4.85. The molecule has 3 aromatic heterocycles. The Morgan fingerprint density at radius 2 is 2.04 bits per heavy atom. The summed E-state index contributed by atoms with van der Waals surface area (Å²) in [7, 11) is 0. The molecule has 0 saturated heterocycles. The Morgan fingerprint density at radius 3 is 2.68 bits per heavy atom. The van der Waals surface area contributed by atoms with Gasteiger partial charge in [-0.05, 0) is 32.4 Å². The zero-order chi connectivity index (χ0) is 17.3. The Kier molecular flexibility index (Phi) is 6.70. The van der Waals surface area contributed by atoms with Gasteiger partial charge in [-0.1, -0.05) is 0 Å². The van der Waals surface area contributed by atoms with Gasteiger partial charge in [0, 0.05) is 30.4 Å². The number of fused-ring (bicyclic) bond motifs is 1. The van der Waals surface area contributed by atoms with Crippen LogP contribution in [0.15, 0.2) is 24.7 Å². The van der Waals surface area contributed by atoms with Gasteiger partial charge in [-0.25, -0.2) is 14.6 Å². The van der Waals surface area contributed by atoms with Gasteiger partial charge >= 0.3 is 29.6 Å². The molecule has 7 nitrogen and oxygen atoms in total. The topological polar surface area (TPSA) is 95.8 Å². The molecule has 0 saturated carbocycles. The fourth-order valence-electron chi connectivity index (χ4n) is 2.40. The van der Waals surface area contributed by atoms with E-state index < -0.39 is 5.97 Å². The summed E-state index contributed by atoms with van der Waals surface area (Å²) in [4.78, 5) is 19.6. The zero-order valence-electron chi connectivity index (χ0n) is 14.7. The first-order valence-electron chi connectivity index (χ1n) is 7.68. The van der Waals surface area contributed by atoms with Crippen LogP contribution in [0.1, 0.15) is 53.1 Å². The molecule has 0 aliphatic heterocycles. The second-order valence-corrected chi connectivity index (χ2v) is 6.95. The van der Waals surface area contributed by atoms with Gasteiger partial charge in [0.15, 0.2) is 5.65 Å². The fourth-order valence-corrected chi connectivity index (χ4v) is 3.18. The minimum atomic E-state index is -1.19. The molecule has 0 fully saturated rings. The van der Waals surface area contributed by atoms with Crippen molar-refractivity contribution in [3.05, 3.63) is 40.1 Å². The predicted octanol–water partition coefficient (Wildman–Crippen LogP) is -1.31. The molecule has 3 rings (SSSR count). The third-order valence-electron chi connectivity index (χ3n) is 3.69. The van der Waals surface area contributed by atoms with E-state index in [2.05, 4.69) is 40.3 Å². The molecule has 3 heterocycles. The average molecular weight is 367 g/mol. The predicted molar refractivity (Wildman–Crippen MR) is 89.6 cm³/mol. The zero-order valence-corrected chi connectivity index (χ0v) is 17.5. The van der Waals surface area contributed by atoms with Crippen LogP contribution in [0, 0.1) is 0 Å². The van der Waals surface area contributed by atoms with Crippen LogP contribution < -0.4 is 40.0 Å². The Balaban J connectivity index is 0.00000225. The molecule has 0 spiro atoms. The number of aromatic nitrogens is 4. The van der Waals surface area contributed by atoms with Crippen LogP contribution in [0.25, 0.3) is 11.0 Å². The van der Waals surface area contributed by atoms with Crippen molar-refractivity contribution >= 4 is 28.3 Å². The van der Waals surface area contributed by atoms with E-state index in [1.807, 2.05) is 24.0 Å². The van der Waals surface area contributed by atoms with Gasteiger partial charge in [-0.3, -0.25) is 0 Å². The molecular weight excluding hydrogens is 349 g/mol. The molecule has 9 heteroatoms. The summed E-state index contributed by atoms with van der Waals surface area (Å²) in [6, 6.07) is 2.27. The number of carboxylic acids is 1. The normalized spacial score (nSPS) is 12.3. The molecular formula is C16H18N5NaO2S. The van der Waals surface area contributed by atoms with E-state index >= 15 is 0 Å². The van der Waals surface area contributed by atoms with Gasteiger partial charge < -0.3 is 15.2 Å². The monoisotopic (exact) mass is 367 g/mol. The summed E-state index contributed by atoms with van der Waals surface area (Å²) in [5, 5.41) is 20.2. The largest absolute Gasteiger partial charge is 1.00 e. The number of hydrogen-bond acceptors (Lipinski definition) is 7. The summed E-state index contributed by atoms with van der Waals surface area (Å²) >= 11 is 1.13. The number of nitrogens with one attached hydrogen (secondary N) is 1. The molecule has 1 unspecified atom stereocenters. The summed E-state index contributed by atoms with van der Waals surface area (Å²) < 4.78 is 1.90. The molecule has 25 heavy (non-hydrogen) atoms. The van der Waals surface area contributed by atoms with Gasteiger partial charge in [0.2, 0.25) is 0 Å². The van der Waals surface area contributed by atoms with Gasteiger partial charge in [-0.2, -0.15) is 5.10 Å². The molecule has 1 atom stereocenters. The summed E-state index contributed by atoms with van der Waals surface area (Å²) in [6.07, 6.45) is 4.99. The van der Waals surface area contributed by atoms with Gasteiger partial charge in [0.05, 0.1) is 23.1 Å². The molecule has 3 aromatic rings. The number of thiazole rings is 1. The SMILES string of the molecule is CC(NCc1cnc2c(cnn2C(C)C)c1)c1ncc(C(=O)[O-])s1.[Na+]. The van der Waals surface area contributed by atoms with E-state index in [4.69, 9.17) is 0 Å². The molecule has 126 valence electrons. The van der Waals surface area contributed by atoms with Crippen molar-refractivity contribution in [3.8, 4) is 0 Å². The number of hydrogen-bond donors (Lipinski definition) is 1. The van der Waals surface area contributed by atoms with Crippen molar-refractivity contribution in [2.24, 2.45) is 0 Å². The Hall–Kier alpha value is -1.32. The van der Waals surface area contributed by atoms with Crippen molar-refractivity contribution < 1.29 is 39.5 Å². The maximum atomic E-state index is 10.8. The summed E-state index contributed by atoms with van der Waals surface area (Å²) in [5.74, 6) is -1.19. The number of nitrogens with zero attached hydrogens (tertiary/aromatic N) is 4. The molecule has 0 amide bonds. The van der Waals surface area contributed by atoms with Crippen molar-refractivity contribution in [1.82, 2.24) is 25.1 Å². The quantitative estimate of drug-likeness (QED) is 0.544. The number of rotatable bonds is 6. The maximum absolute atomic E-state index is 10.8.